The third kappa shape index (κ3) is 4.17. The van der Waals surface area contributed by atoms with Gasteiger partial charge in [-0.1, -0.05) is 12.8 Å². The van der Waals surface area contributed by atoms with Crippen LogP contribution in [0.15, 0.2) is 48.5 Å². The van der Waals surface area contributed by atoms with Crippen LogP contribution in [-0.4, -0.2) is 29.3 Å². The summed E-state index contributed by atoms with van der Waals surface area (Å²) in [6.45, 7) is 0.844. The van der Waals surface area contributed by atoms with Crippen LogP contribution in [0.3, 0.4) is 0 Å². The fourth-order valence-electron chi connectivity index (χ4n) is 4.64. The molecule has 0 spiro atoms. The molecule has 1 N–H and O–H groups in total. The van der Waals surface area contributed by atoms with Gasteiger partial charge in [-0.3, -0.25) is 9.59 Å². The molecule has 1 saturated carbocycles. The van der Waals surface area contributed by atoms with Gasteiger partial charge in [-0.05, 0) is 80.1 Å². The number of carbonyl (C=O) groups is 2. The predicted octanol–water partition coefficient (Wildman–Crippen LogP) is 4.61. The normalized spacial score (nSPS) is 21.0. The number of amides is 2. The van der Waals surface area contributed by atoms with Gasteiger partial charge in [-0.15, -0.1) is 0 Å². The maximum Gasteiger partial charge on any atom is 0.255 e. The number of fused-ring (bicyclic) bond motifs is 1. The lowest BCUT2D eigenvalue weighted by molar-refractivity contribution is 0.0390. The average molecular weight is 387 g/mol. The Morgan fingerprint density at radius 3 is 2.28 bits per heavy atom. The minimum Gasteiger partial charge on any atom is -0.335 e. The Labute approximate surface area is 171 Å². The van der Waals surface area contributed by atoms with E-state index in [2.05, 4.69) is 10.2 Å². The van der Waals surface area contributed by atoms with Crippen LogP contribution in [-0.2, 0) is 0 Å². The number of carbonyl (C=O) groups excluding carboxylic acids is 2. The number of benzene rings is 2. The number of anilines is 1. The number of nitrogens with one attached hydrogen (secondary N) is 1. The van der Waals surface area contributed by atoms with Gasteiger partial charge in [0.25, 0.3) is 11.8 Å². The average Bonchev–Trinajstić information content (AvgIpc) is 2.78. The Morgan fingerprint density at radius 1 is 0.897 bits per heavy atom. The summed E-state index contributed by atoms with van der Waals surface area (Å²) in [7, 11) is 0. The second-order valence-corrected chi connectivity index (χ2v) is 7.97. The van der Waals surface area contributed by atoms with Crippen molar-refractivity contribution in [3.63, 3.8) is 0 Å². The highest BCUT2D eigenvalue weighted by Crippen LogP contribution is 2.36. The highest BCUT2D eigenvalue weighted by Gasteiger charge is 2.35. The van der Waals surface area contributed by atoms with Gasteiger partial charge in [0.15, 0.2) is 0 Å². The highest BCUT2D eigenvalue weighted by atomic mass is 16.2. The molecule has 0 bridgehead atoms. The summed E-state index contributed by atoms with van der Waals surface area (Å²) in [6.07, 6.45) is 7.20. The number of likely N-dealkylation sites (tertiary alicyclic amines) is 1. The van der Waals surface area contributed by atoms with Gasteiger partial charge >= 0.3 is 0 Å². The maximum atomic E-state index is 13.1. The molecule has 148 valence electrons. The number of rotatable bonds is 3. The SMILES string of the molecule is N#Cc1ccc(C(=O)Nc2ccc(C(=O)N3CCC[C@@H]4CCCC[C@@H]43)cc2)cc1. The van der Waals surface area contributed by atoms with Crippen molar-refractivity contribution in [1.82, 2.24) is 4.90 Å². The number of hydrogen-bond donors (Lipinski definition) is 1. The molecule has 0 unspecified atom stereocenters. The third-order valence-corrected chi connectivity index (χ3v) is 6.17. The van der Waals surface area contributed by atoms with Gasteiger partial charge in [-0.2, -0.15) is 5.26 Å². The molecule has 5 heteroatoms. The van der Waals surface area contributed by atoms with Crippen molar-refractivity contribution in [3.05, 3.63) is 65.2 Å². The van der Waals surface area contributed by atoms with E-state index in [1.165, 1.54) is 25.7 Å². The lowest BCUT2D eigenvalue weighted by atomic mass is 9.78. The predicted molar refractivity (Wildman–Crippen MR) is 112 cm³/mol. The molecule has 0 aromatic heterocycles. The first-order valence-corrected chi connectivity index (χ1v) is 10.4. The van der Waals surface area contributed by atoms with Gasteiger partial charge in [0.1, 0.15) is 0 Å². The fraction of sp³-hybridized carbons (Fsp3) is 0.375. The Bertz CT molecular complexity index is 926. The second kappa shape index (κ2) is 8.48. The largest absolute Gasteiger partial charge is 0.335 e. The van der Waals surface area contributed by atoms with Crippen molar-refractivity contribution < 1.29 is 9.59 Å². The van der Waals surface area contributed by atoms with Gasteiger partial charge in [0, 0.05) is 29.4 Å². The quantitative estimate of drug-likeness (QED) is 0.836. The zero-order valence-corrected chi connectivity index (χ0v) is 16.4. The smallest absolute Gasteiger partial charge is 0.255 e. The zero-order chi connectivity index (χ0) is 20.2. The van der Waals surface area contributed by atoms with Crippen LogP contribution in [0.4, 0.5) is 5.69 Å². The molecule has 4 rings (SSSR count). The standard InChI is InChI=1S/C24H25N3O2/c25-16-17-7-9-19(10-8-17)23(28)26-21-13-11-20(12-14-21)24(29)27-15-3-5-18-4-1-2-6-22(18)27/h7-14,18,22H,1-6,15H2,(H,26,28)/t18-,22-/m0/s1. The number of nitrogens with zero attached hydrogens (tertiary/aromatic N) is 2. The van der Waals surface area contributed by atoms with Crippen molar-refractivity contribution in [1.29, 1.82) is 5.26 Å². The van der Waals surface area contributed by atoms with Crippen LogP contribution in [0.5, 0.6) is 0 Å². The molecule has 5 nitrogen and oxygen atoms in total. The molecule has 2 amide bonds. The molecular weight excluding hydrogens is 362 g/mol. The van der Waals surface area contributed by atoms with Gasteiger partial charge < -0.3 is 10.2 Å². The van der Waals surface area contributed by atoms with Gasteiger partial charge in [0.05, 0.1) is 11.6 Å². The first kappa shape index (κ1) is 19.2. The van der Waals surface area contributed by atoms with Crippen LogP contribution < -0.4 is 5.32 Å². The molecule has 2 fully saturated rings. The zero-order valence-electron chi connectivity index (χ0n) is 16.4. The first-order chi connectivity index (χ1) is 14.2. The van der Waals surface area contributed by atoms with Crippen molar-refractivity contribution in [2.45, 2.75) is 44.6 Å². The summed E-state index contributed by atoms with van der Waals surface area (Å²) in [5.74, 6) is 0.522. The summed E-state index contributed by atoms with van der Waals surface area (Å²) in [6, 6.07) is 16.1. The monoisotopic (exact) mass is 387 g/mol. The van der Waals surface area contributed by atoms with Crippen LogP contribution in [0, 0.1) is 17.2 Å². The van der Waals surface area contributed by atoms with Crippen molar-refractivity contribution in [2.24, 2.45) is 5.92 Å². The third-order valence-electron chi connectivity index (χ3n) is 6.17. The van der Waals surface area contributed by atoms with Crippen molar-refractivity contribution >= 4 is 17.5 Å². The second-order valence-electron chi connectivity index (χ2n) is 7.97. The number of hydrogen-bond acceptors (Lipinski definition) is 3. The van der Waals surface area contributed by atoms with Crippen LogP contribution in [0.2, 0.25) is 0 Å². The Kier molecular flexibility index (Phi) is 5.62. The molecule has 2 aromatic rings. The molecule has 1 aliphatic carbocycles. The van der Waals surface area contributed by atoms with E-state index >= 15 is 0 Å². The van der Waals surface area contributed by atoms with E-state index in [-0.39, 0.29) is 11.8 Å². The van der Waals surface area contributed by atoms with Crippen molar-refractivity contribution in [3.8, 4) is 6.07 Å². The fourth-order valence-corrected chi connectivity index (χ4v) is 4.64. The molecule has 2 aromatic carbocycles. The van der Waals surface area contributed by atoms with E-state index in [0.29, 0.717) is 34.3 Å². The highest BCUT2D eigenvalue weighted by molar-refractivity contribution is 6.04. The van der Waals surface area contributed by atoms with E-state index in [0.717, 1.165) is 19.4 Å². The summed E-state index contributed by atoms with van der Waals surface area (Å²) in [4.78, 5) is 27.5. The summed E-state index contributed by atoms with van der Waals surface area (Å²) in [5.41, 5.74) is 2.32. The Morgan fingerprint density at radius 2 is 1.55 bits per heavy atom. The molecule has 1 heterocycles. The topological polar surface area (TPSA) is 73.2 Å². The molecule has 29 heavy (non-hydrogen) atoms. The van der Waals surface area contributed by atoms with Crippen LogP contribution >= 0.6 is 0 Å². The lowest BCUT2D eigenvalue weighted by Crippen LogP contribution is -2.49. The maximum absolute atomic E-state index is 13.1. The van der Waals surface area contributed by atoms with Crippen LogP contribution in [0.1, 0.15) is 64.8 Å². The van der Waals surface area contributed by atoms with E-state index < -0.39 is 0 Å². The molecule has 1 aliphatic heterocycles. The molecule has 1 saturated heterocycles. The van der Waals surface area contributed by atoms with Gasteiger partial charge in [0.2, 0.25) is 0 Å². The van der Waals surface area contributed by atoms with E-state index in [1.807, 2.05) is 6.07 Å². The van der Waals surface area contributed by atoms with Crippen molar-refractivity contribution in [2.75, 3.05) is 11.9 Å². The minimum absolute atomic E-state index is 0.103. The lowest BCUT2D eigenvalue weighted by Gasteiger charge is -2.44. The van der Waals surface area contributed by atoms with Crippen LogP contribution in [0.25, 0.3) is 0 Å². The van der Waals surface area contributed by atoms with E-state index in [4.69, 9.17) is 5.26 Å². The van der Waals surface area contributed by atoms with Gasteiger partial charge in [-0.25, -0.2) is 0 Å². The molecule has 2 atom stereocenters. The Balaban J connectivity index is 1.42. The minimum atomic E-state index is -0.241. The molecule has 2 aliphatic rings. The molecular formula is C24H25N3O2. The molecule has 0 radical (unpaired) electrons. The van der Waals surface area contributed by atoms with E-state index in [9.17, 15) is 9.59 Å². The summed E-state index contributed by atoms with van der Waals surface area (Å²) < 4.78 is 0. The first-order valence-electron chi connectivity index (χ1n) is 10.4. The Hall–Kier alpha value is -3.13. The number of nitriles is 1. The number of piperidine rings is 1. The summed E-state index contributed by atoms with van der Waals surface area (Å²) >= 11 is 0. The summed E-state index contributed by atoms with van der Waals surface area (Å²) in [5, 5.41) is 11.7. The van der Waals surface area contributed by atoms with E-state index in [1.54, 1.807) is 48.5 Å².